The van der Waals surface area contributed by atoms with Crippen molar-refractivity contribution in [3.05, 3.63) is 41.7 Å². The van der Waals surface area contributed by atoms with Crippen LogP contribution in [-0.2, 0) is 4.74 Å². The number of para-hydroxylation sites is 1. The molecule has 0 aromatic heterocycles. The van der Waals surface area contributed by atoms with E-state index in [0.29, 0.717) is 19.8 Å². The van der Waals surface area contributed by atoms with E-state index >= 15 is 0 Å². The number of ether oxygens (including phenoxy) is 2. The van der Waals surface area contributed by atoms with E-state index in [4.69, 9.17) is 9.47 Å². The van der Waals surface area contributed by atoms with Crippen molar-refractivity contribution in [2.75, 3.05) is 46.5 Å². The standard InChI is InChI=1S/C19H28FN3O2/c1-3-21-19(22-11-8-16-9-13-24-14-10-16)23(2)12-15-25-18-7-5-4-6-17(18)20/h4-7,9H,3,8,10-15H2,1-2H3,(H,21,22). The molecule has 1 aliphatic heterocycles. The van der Waals surface area contributed by atoms with Crippen LogP contribution in [0, 0.1) is 5.82 Å². The minimum atomic E-state index is -0.338. The molecule has 2 rings (SSSR count). The van der Waals surface area contributed by atoms with Crippen molar-refractivity contribution in [2.45, 2.75) is 19.8 Å². The third-order valence-corrected chi connectivity index (χ3v) is 3.97. The lowest BCUT2D eigenvalue weighted by Gasteiger charge is -2.22. The summed E-state index contributed by atoms with van der Waals surface area (Å²) < 4.78 is 24.4. The SMILES string of the molecule is CCNC(=NCCC1=CCOCC1)N(C)CCOc1ccccc1F. The molecule has 1 aromatic rings. The molecule has 0 saturated carbocycles. The summed E-state index contributed by atoms with van der Waals surface area (Å²) in [6.07, 6.45) is 4.11. The van der Waals surface area contributed by atoms with E-state index in [1.54, 1.807) is 18.2 Å². The number of nitrogens with one attached hydrogen (secondary N) is 1. The molecule has 5 nitrogen and oxygen atoms in total. The Labute approximate surface area is 149 Å². The fourth-order valence-corrected chi connectivity index (χ4v) is 2.53. The van der Waals surface area contributed by atoms with Gasteiger partial charge in [0.15, 0.2) is 17.5 Å². The second-order valence-electron chi connectivity index (χ2n) is 5.87. The highest BCUT2D eigenvalue weighted by molar-refractivity contribution is 5.79. The van der Waals surface area contributed by atoms with Crippen LogP contribution >= 0.6 is 0 Å². The summed E-state index contributed by atoms with van der Waals surface area (Å²) in [5, 5.41) is 3.28. The van der Waals surface area contributed by atoms with Gasteiger partial charge in [-0.3, -0.25) is 4.99 Å². The zero-order chi connectivity index (χ0) is 17.9. The predicted octanol–water partition coefficient (Wildman–Crippen LogP) is 2.84. The Kier molecular flexibility index (Phi) is 8.25. The molecule has 0 aliphatic carbocycles. The van der Waals surface area contributed by atoms with Gasteiger partial charge in [0.25, 0.3) is 0 Å². The Bertz CT molecular complexity index is 590. The summed E-state index contributed by atoms with van der Waals surface area (Å²) in [4.78, 5) is 6.67. The zero-order valence-electron chi connectivity index (χ0n) is 15.1. The topological polar surface area (TPSA) is 46.1 Å². The van der Waals surface area contributed by atoms with Gasteiger partial charge >= 0.3 is 0 Å². The van der Waals surface area contributed by atoms with E-state index in [1.807, 2.05) is 18.9 Å². The fraction of sp³-hybridized carbons (Fsp3) is 0.526. The number of rotatable bonds is 8. The summed E-state index contributed by atoms with van der Waals surface area (Å²) in [7, 11) is 1.96. The highest BCUT2D eigenvalue weighted by atomic mass is 19.1. The zero-order valence-corrected chi connectivity index (χ0v) is 15.1. The van der Waals surface area contributed by atoms with Gasteiger partial charge in [0.05, 0.1) is 19.8 Å². The van der Waals surface area contributed by atoms with E-state index in [-0.39, 0.29) is 11.6 Å². The van der Waals surface area contributed by atoms with Gasteiger partial charge in [-0.25, -0.2) is 4.39 Å². The Morgan fingerprint density at radius 1 is 1.40 bits per heavy atom. The second kappa shape index (κ2) is 10.7. The molecule has 25 heavy (non-hydrogen) atoms. The van der Waals surface area contributed by atoms with E-state index in [0.717, 1.165) is 38.5 Å². The number of aliphatic imine (C=N–C) groups is 1. The van der Waals surface area contributed by atoms with Crippen molar-refractivity contribution < 1.29 is 13.9 Å². The van der Waals surface area contributed by atoms with Crippen LogP contribution in [-0.4, -0.2) is 57.4 Å². The van der Waals surface area contributed by atoms with Crippen LogP contribution in [0.15, 0.2) is 40.9 Å². The first-order valence-electron chi connectivity index (χ1n) is 8.83. The molecule has 0 fully saturated rings. The number of likely N-dealkylation sites (N-methyl/N-ethyl adjacent to an activating group) is 1. The molecular weight excluding hydrogens is 321 g/mol. The molecule has 0 spiro atoms. The Morgan fingerprint density at radius 3 is 2.96 bits per heavy atom. The molecule has 0 radical (unpaired) electrons. The summed E-state index contributed by atoms with van der Waals surface area (Å²) in [6.45, 7) is 6.12. The first-order valence-corrected chi connectivity index (χ1v) is 8.83. The number of benzene rings is 1. The molecule has 1 aromatic carbocycles. The molecular formula is C19H28FN3O2. The summed E-state index contributed by atoms with van der Waals surface area (Å²) in [5.41, 5.74) is 1.41. The summed E-state index contributed by atoms with van der Waals surface area (Å²) in [5.74, 6) is 0.784. The lowest BCUT2D eigenvalue weighted by atomic mass is 10.1. The summed E-state index contributed by atoms with van der Waals surface area (Å²) >= 11 is 0. The van der Waals surface area contributed by atoms with Crippen molar-refractivity contribution in [3.63, 3.8) is 0 Å². The van der Waals surface area contributed by atoms with Gasteiger partial charge in [-0.2, -0.15) is 0 Å². The van der Waals surface area contributed by atoms with Gasteiger partial charge in [0.1, 0.15) is 6.61 Å². The van der Waals surface area contributed by atoms with Gasteiger partial charge in [0.2, 0.25) is 0 Å². The predicted molar refractivity (Wildman–Crippen MR) is 98.6 cm³/mol. The molecule has 1 aliphatic rings. The van der Waals surface area contributed by atoms with Crippen LogP contribution in [0.5, 0.6) is 5.75 Å². The molecule has 138 valence electrons. The first kappa shape index (κ1) is 19.2. The van der Waals surface area contributed by atoms with E-state index in [1.165, 1.54) is 11.6 Å². The smallest absolute Gasteiger partial charge is 0.193 e. The van der Waals surface area contributed by atoms with Gasteiger partial charge in [0, 0.05) is 20.1 Å². The molecule has 0 saturated heterocycles. The van der Waals surface area contributed by atoms with Gasteiger partial charge in [-0.1, -0.05) is 23.8 Å². The molecule has 0 unspecified atom stereocenters. The number of hydrogen-bond donors (Lipinski definition) is 1. The van der Waals surface area contributed by atoms with Crippen molar-refractivity contribution in [3.8, 4) is 5.75 Å². The average molecular weight is 349 g/mol. The molecule has 6 heteroatoms. The average Bonchev–Trinajstić information content (AvgIpc) is 2.63. The van der Waals surface area contributed by atoms with Crippen LogP contribution in [0.25, 0.3) is 0 Å². The fourth-order valence-electron chi connectivity index (χ4n) is 2.53. The van der Waals surface area contributed by atoms with Crippen molar-refractivity contribution >= 4 is 5.96 Å². The normalized spacial score (nSPS) is 14.8. The molecule has 1 heterocycles. The van der Waals surface area contributed by atoms with Gasteiger partial charge < -0.3 is 19.7 Å². The van der Waals surface area contributed by atoms with Gasteiger partial charge in [-0.15, -0.1) is 0 Å². The van der Waals surface area contributed by atoms with Crippen LogP contribution in [0.2, 0.25) is 0 Å². The van der Waals surface area contributed by atoms with E-state index in [9.17, 15) is 4.39 Å². The number of guanidine groups is 1. The minimum absolute atomic E-state index is 0.282. The maximum Gasteiger partial charge on any atom is 0.193 e. The second-order valence-corrected chi connectivity index (χ2v) is 5.87. The highest BCUT2D eigenvalue weighted by Gasteiger charge is 2.08. The van der Waals surface area contributed by atoms with Crippen molar-refractivity contribution in [1.82, 2.24) is 10.2 Å². The van der Waals surface area contributed by atoms with Crippen LogP contribution in [0.1, 0.15) is 19.8 Å². The Hall–Kier alpha value is -2.08. The first-order chi connectivity index (χ1) is 12.2. The van der Waals surface area contributed by atoms with Crippen LogP contribution < -0.4 is 10.1 Å². The number of hydrogen-bond acceptors (Lipinski definition) is 3. The quantitative estimate of drug-likeness (QED) is 0.445. The summed E-state index contributed by atoms with van der Waals surface area (Å²) in [6, 6.07) is 6.45. The third kappa shape index (κ3) is 6.74. The molecule has 0 bridgehead atoms. The Morgan fingerprint density at radius 2 is 2.24 bits per heavy atom. The molecule has 1 N–H and O–H groups in total. The number of nitrogens with zero attached hydrogens (tertiary/aromatic N) is 2. The van der Waals surface area contributed by atoms with E-state index in [2.05, 4.69) is 16.4 Å². The Balaban J connectivity index is 1.80. The minimum Gasteiger partial charge on any atom is -0.489 e. The van der Waals surface area contributed by atoms with Crippen LogP contribution in [0.3, 0.4) is 0 Å². The lowest BCUT2D eigenvalue weighted by Crippen LogP contribution is -2.41. The van der Waals surface area contributed by atoms with Crippen molar-refractivity contribution in [1.29, 1.82) is 0 Å². The van der Waals surface area contributed by atoms with Crippen LogP contribution in [0.4, 0.5) is 4.39 Å². The van der Waals surface area contributed by atoms with E-state index < -0.39 is 0 Å². The molecule has 0 amide bonds. The largest absolute Gasteiger partial charge is 0.489 e. The van der Waals surface area contributed by atoms with Crippen molar-refractivity contribution in [2.24, 2.45) is 4.99 Å². The monoisotopic (exact) mass is 349 g/mol. The molecule has 0 atom stereocenters. The van der Waals surface area contributed by atoms with Gasteiger partial charge in [-0.05, 0) is 31.9 Å². The number of halogens is 1. The maximum atomic E-state index is 13.5. The third-order valence-electron chi connectivity index (χ3n) is 3.97. The lowest BCUT2D eigenvalue weighted by molar-refractivity contribution is 0.153. The highest BCUT2D eigenvalue weighted by Crippen LogP contribution is 2.15. The maximum absolute atomic E-state index is 13.5.